The van der Waals surface area contributed by atoms with Crippen LogP contribution < -0.4 is 10.6 Å². The van der Waals surface area contributed by atoms with Crippen molar-refractivity contribution in [3.63, 3.8) is 0 Å². The Morgan fingerprint density at radius 2 is 0.852 bits per heavy atom. The number of amidine groups is 1. The van der Waals surface area contributed by atoms with E-state index in [1.807, 2.05) is 0 Å². The Balaban J connectivity index is 1.30. The Bertz CT molecular complexity index is 2500. The monoisotopic (exact) mass is 693 g/mol. The first-order valence-electron chi connectivity index (χ1n) is 18.5. The average molecular weight is 694 g/mol. The highest BCUT2D eigenvalue weighted by atomic mass is 15.0. The van der Waals surface area contributed by atoms with Gasteiger partial charge in [0.25, 0.3) is 0 Å². The van der Waals surface area contributed by atoms with Crippen LogP contribution in [0.3, 0.4) is 0 Å². The molecular formula is C51H39N3. The molecule has 0 fully saturated rings. The largest absolute Gasteiger partial charge is 0.373 e. The van der Waals surface area contributed by atoms with Gasteiger partial charge in [-0.1, -0.05) is 200 Å². The molecule has 2 unspecified atom stereocenters. The summed E-state index contributed by atoms with van der Waals surface area (Å²) in [5, 5.41) is 7.89. The highest BCUT2D eigenvalue weighted by Crippen LogP contribution is 2.50. The molecule has 258 valence electrons. The zero-order valence-corrected chi connectivity index (χ0v) is 29.8. The number of dihydropyridines is 1. The Morgan fingerprint density at radius 1 is 0.370 bits per heavy atom. The molecular weight excluding hydrogens is 655 g/mol. The summed E-state index contributed by atoms with van der Waals surface area (Å²) in [7, 11) is 0. The van der Waals surface area contributed by atoms with Crippen LogP contribution in [0.1, 0.15) is 56.6 Å². The number of hydrogen-bond acceptors (Lipinski definition) is 3. The molecule has 0 spiro atoms. The molecule has 0 bridgehead atoms. The van der Waals surface area contributed by atoms with Gasteiger partial charge in [-0.2, -0.15) is 0 Å². The zero-order valence-electron chi connectivity index (χ0n) is 29.8. The molecule has 7 aromatic carbocycles. The van der Waals surface area contributed by atoms with Gasteiger partial charge in [0.05, 0.1) is 23.5 Å². The normalized spacial score (nSPS) is 16.9. The third-order valence-corrected chi connectivity index (χ3v) is 10.2. The van der Waals surface area contributed by atoms with E-state index in [1.165, 1.54) is 27.8 Å². The van der Waals surface area contributed by atoms with Crippen LogP contribution >= 0.6 is 0 Å². The fourth-order valence-electron chi connectivity index (χ4n) is 7.66. The molecule has 3 heteroatoms. The van der Waals surface area contributed by atoms with Crippen LogP contribution in [0, 0.1) is 0 Å². The van der Waals surface area contributed by atoms with E-state index in [2.05, 4.69) is 223 Å². The second-order valence-corrected chi connectivity index (χ2v) is 13.6. The molecule has 54 heavy (non-hydrogen) atoms. The molecule has 0 aliphatic carbocycles. The van der Waals surface area contributed by atoms with Crippen molar-refractivity contribution in [2.75, 3.05) is 0 Å². The molecule has 2 N–H and O–H groups in total. The Kier molecular flexibility index (Phi) is 9.11. The van der Waals surface area contributed by atoms with Gasteiger partial charge in [0.15, 0.2) is 0 Å². The van der Waals surface area contributed by atoms with E-state index in [0.29, 0.717) is 0 Å². The van der Waals surface area contributed by atoms with Gasteiger partial charge in [-0.25, -0.2) is 4.99 Å². The molecule has 0 amide bonds. The van der Waals surface area contributed by atoms with Crippen molar-refractivity contribution in [2.45, 2.75) is 12.1 Å². The molecule has 2 aliphatic heterocycles. The predicted molar refractivity (Wildman–Crippen MR) is 225 cm³/mol. The Hall–Kier alpha value is -6.97. The van der Waals surface area contributed by atoms with E-state index in [0.717, 1.165) is 50.6 Å². The van der Waals surface area contributed by atoms with Crippen LogP contribution in [0.25, 0.3) is 28.1 Å². The lowest BCUT2D eigenvalue weighted by atomic mass is 9.77. The third-order valence-electron chi connectivity index (χ3n) is 10.2. The molecule has 9 rings (SSSR count). The first kappa shape index (κ1) is 32.9. The predicted octanol–water partition coefficient (Wildman–Crippen LogP) is 11.6. The molecule has 7 aromatic rings. The Morgan fingerprint density at radius 3 is 1.46 bits per heavy atom. The van der Waals surface area contributed by atoms with Crippen molar-refractivity contribution in [2.24, 2.45) is 4.99 Å². The standard InChI is InChI=1S/C51H39N3/c1-7-20-36(21-8-1)44-35-45(37-22-9-2-10-23-37)53-51(52-44)43-33-19-32-42(34-43)46-47(38-24-11-3-12-25-38)49(40-28-15-5-16-29-40)54-50(41-30-17-6-18-31-41)48(46)39-26-13-4-14-27-39/h1-35,44,49,54H,(H,52,53). The van der Waals surface area contributed by atoms with Crippen molar-refractivity contribution in [1.82, 2.24) is 10.6 Å². The first-order valence-corrected chi connectivity index (χ1v) is 18.5. The first-order chi connectivity index (χ1) is 26.8. The summed E-state index contributed by atoms with van der Waals surface area (Å²) < 4.78 is 0. The van der Waals surface area contributed by atoms with Crippen LogP contribution in [-0.4, -0.2) is 5.84 Å². The molecule has 2 heterocycles. The van der Waals surface area contributed by atoms with Gasteiger partial charge in [0.2, 0.25) is 0 Å². The minimum atomic E-state index is -0.116. The SMILES string of the molecule is C1=C(c2ccccc2)N=C(c2cccc(C3=C(c4ccccc4)C(c4ccccc4)NC(c4ccccc4)=C3c3ccccc3)c2)NC1c1ccccc1. The van der Waals surface area contributed by atoms with E-state index in [9.17, 15) is 0 Å². The summed E-state index contributed by atoms with van der Waals surface area (Å²) in [5.74, 6) is 0.844. The van der Waals surface area contributed by atoms with E-state index >= 15 is 0 Å². The topological polar surface area (TPSA) is 36.4 Å². The number of hydrogen-bond donors (Lipinski definition) is 2. The van der Waals surface area contributed by atoms with Gasteiger partial charge in [0, 0.05) is 11.1 Å². The van der Waals surface area contributed by atoms with Gasteiger partial charge in [-0.05, 0) is 62.2 Å². The quantitative estimate of drug-likeness (QED) is 0.166. The lowest BCUT2D eigenvalue weighted by molar-refractivity contribution is 0.781. The van der Waals surface area contributed by atoms with Gasteiger partial charge in [-0.3, -0.25) is 0 Å². The minimum Gasteiger partial charge on any atom is -0.373 e. The highest BCUT2D eigenvalue weighted by molar-refractivity contribution is 6.24. The average Bonchev–Trinajstić information content (AvgIpc) is 3.27. The van der Waals surface area contributed by atoms with Crippen LogP contribution in [0.2, 0.25) is 0 Å². The van der Waals surface area contributed by atoms with E-state index < -0.39 is 0 Å². The van der Waals surface area contributed by atoms with Gasteiger partial charge in [-0.15, -0.1) is 0 Å². The van der Waals surface area contributed by atoms with Crippen LogP contribution in [-0.2, 0) is 0 Å². The number of allylic oxidation sites excluding steroid dienone is 2. The molecule has 3 nitrogen and oxygen atoms in total. The lowest BCUT2D eigenvalue weighted by Gasteiger charge is -2.36. The minimum absolute atomic E-state index is 0.0394. The molecule has 2 atom stereocenters. The van der Waals surface area contributed by atoms with E-state index in [1.54, 1.807) is 0 Å². The second kappa shape index (κ2) is 14.9. The Labute approximate surface area is 317 Å². The van der Waals surface area contributed by atoms with Crippen LogP contribution in [0.5, 0.6) is 0 Å². The fourth-order valence-corrected chi connectivity index (χ4v) is 7.66. The summed E-state index contributed by atoms with van der Waals surface area (Å²) in [6.45, 7) is 0. The summed E-state index contributed by atoms with van der Waals surface area (Å²) in [6.07, 6.45) is 2.23. The molecule has 2 aliphatic rings. The van der Waals surface area contributed by atoms with Gasteiger partial charge < -0.3 is 10.6 Å². The number of nitrogens with zero attached hydrogens (tertiary/aromatic N) is 1. The zero-order chi connectivity index (χ0) is 36.1. The van der Waals surface area contributed by atoms with E-state index in [4.69, 9.17) is 4.99 Å². The van der Waals surface area contributed by atoms with Crippen molar-refractivity contribution < 1.29 is 0 Å². The maximum absolute atomic E-state index is 5.29. The van der Waals surface area contributed by atoms with E-state index in [-0.39, 0.29) is 12.1 Å². The fraction of sp³-hybridized carbons (Fsp3) is 0.0392. The van der Waals surface area contributed by atoms with Crippen molar-refractivity contribution in [3.05, 3.63) is 257 Å². The summed E-state index contributed by atoms with van der Waals surface area (Å²) in [5.41, 5.74) is 14.7. The number of benzene rings is 7. The summed E-state index contributed by atoms with van der Waals surface area (Å²) >= 11 is 0. The number of aliphatic imine (C=N–C) groups is 1. The van der Waals surface area contributed by atoms with Crippen molar-refractivity contribution in [1.29, 1.82) is 0 Å². The lowest BCUT2D eigenvalue weighted by Crippen LogP contribution is -2.31. The van der Waals surface area contributed by atoms with Crippen LogP contribution in [0.4, 0.5) is 0 Å². The van der Waals surface area contributed by atoms with Gasteiger partial charge in [0.1, 0.15) is 5.84 Å². The van der Waals surface area contributed by atoms with Gasteiger partial charge >= 0.3 is 0 Å². The highest BCUT2D eigenvalue weighted by Gasteiger charge is 2.33. The maximum atomic E-state index is 5.29. The van der Waals surface area contributed by atoms with Crippen molar-refractivity contribution in [3.8, 4) is 0 Å². The molecule has 0 aromatic heterocycles. The summed E-state index contributed by atoms with van der Waals surface area (Å²) in [6, 6.07) is 73.0. The third kappa shape index (κ3) is 6.60. The molecule has 0 saturated heterocycles. The summed E-state index contributed by atoms with van der Waals surface area (Å²) in [4.78, 5) is 5.29. The van der Waals surface area contributed by atoms with Crippen LogP contribution in [0.15, 0.2) is 217 Å². The molecule has 0 radical (unpaired) electrons. The molecule has 0 saturated carbocycles. The maximum Gasteiger partial charge on any atom is 0.134 e. The number of rotatable bonds is 8. The number of nitrogens with one attached hydrogen (secondary N) is 2. The smallest absolute Gasteiger partial charge is 0.134 e. The second-order valence-electron chi connectivity index (χ2n) is 13.6. The van der Waals surface area contributed by atoms with Crippen molar-refractivity contribution >= 4 is 33.9 Å².